The Bertz CT molecular complexity index is 681. The number of aliphatic hydroxyl groups is 1. The van der Waals surface area contributed by atoms with Crippen LogP contribution in [0.4, 0.5) is 4.79 Å². The molecule has 2 amide bonds. The first kappa shape index (κ1) is 17.1. The first-order valence-corrected chi connectivity index (χ1v) is 7.43. The summed E-state index contributed by atoms with van der Waals surface area (Å²) < 4.78 is 10.8. The van der Waals surface area contributed by atoms with E-state index in [1.807, 2.05) is 20.8 Å². The standard InChI is InChI=1S/C16H23N3O4/c1-9-6-13(12(4)22-9)16(5,21)8-18-15(20)17-7-14-19-10(2)11(3)23-14/h6,21H,7-8H2,1-5H3,(H2,17,18,20)/t16-/m1/s1. The van der Waals surface area contributed by atoms with Crippen molar-refractivity contribution >= 4 is 6.03 Å². The van der Waals surface area contributed by atoms with Gasteiger partial charge in [0.05, 0.1) is 18.8 Å². The summed E-state index contributed by atoms with van der Waals surface area (Å²) in [7, 11) is 0. The summed E-state index contributed by atoms with van der Waals surface area (Å²) in [6, 6.07) is 1.37. The summed E-state index contributed by atoms with van der Waals surface area (Å²) in [5.74, 6) is 2.54. The predicted octanol–water partition coefficient (Wildman–Crippen LogP) is 2.21. The Morgan fingerprint density at radius 1 is 1.22 bits per heavy atom. The van der Waals surface area contributed by atoms with Crippen LogP contribution in [0.25, 0.3) is 0 Å². The van der Waals surface area contributed by atoms with Crippen LogP contribution in [-0.4, -0.2) is 22.7 Å². The lowest BCUT2D eigenvalue weighted by molar-refractivity contribution is 0.0578. The van der Waals surface area contributed by atoms with E-state index in [4.69, 9.17) is 8.83 Å². The average molecular weight is 321 g/mol. The second kappa shape index (κ2) is 6.45. The molecule has 0 unspecified atom stereocenters. The monoisotopic (exact) mass is 321 g/mol. The number of hydrogen-bond acceptors (Lipinski definition) is 5. The summed E-state index contributed by atoms with van der Waals surface area (Å²) in [5.41, 5.74) is 0.250. The van der Waals surface area contributed by atoms with E-state index in [1.54, 1.807) is 19.9 Å². The summed E-state index contributed by atoms with van der Waals surface area (Å²) >= 11 is 0. The molecule has 0 saturated carbocycles. The fourth-order valence-corrected chi connectivity index (χ4v) is 2.35. The van der Waals surface area contributed by atoms with E-state index in [1.165, 1.54) is 0 Å². The van der Waals surface area contributed by atoms with Crippen LogP contribution in [0, 0.1) is 27.7 Å². The number of furan rings is 1. The van der Waals surface area contributed by atoms with Crippen LogP contribution < -0.4 is 10.6 Å². The van der Waals surface area contributed by atoms with Gasteiger partial charge in [-0.05, 0) is 40.7 Å². The molecule has 23 heavy (non-hydrogen) atoms. The minimum atomic E-state index is -1.21. The maximum absolute atomic E-state index is 11.9. The molecule has 0 aliphatic rings. The van der Waals surface area contributed by atoms with Gasteiger partial charge in [0.25, 0.3) is 0 Å². The van der Waals surface area contributed by atoms with E-state index in [0.29, 0.717) is 17.2 Å². The van der Waals surface area contributed by atoms with Gasteiger partial charge in [-0.1, -0.05) is 0 Å². The summed E-state index contributed by atoms with van der Waals surface area (Å²) in [4.78, 5) is 16.0. The van der Waals surface area contributed by atoms with Crippen molar-refractivity contribution in [1.82, 2.24) is 15.6 Å². The Labute approximate surface area is 135 Å². The minimum Gasteiger partial charge on any atom is -0.466 e. The van der Waals surface area contributed by atoms with Crippen LogP contribution >= 0.6 is 0 Å². The average Bonchev–Trinajstić information content (AvgIpc) is 2.97. The molecular formula is C16H23N3O4. The largest absolute Gasteiger partial charge is 0.466 e. The number of carbonyl (C=O) groups excluding carboxylic acids is 1. The molecule has 0 aliphatic heterocycles. The second-order valence-corrected chi connectivity index (χ2v) is 5.89. The van der Waals surface area contributed by atoms with E-state index in [-0.39, 0.29) is 13.1 Å². The molecule has 2 aromatic rings. The number of nitrogens with zero attached hydrogens (tertiary/aromatic N) is 1. The van der Waals surface area contributed by atoms with E-state index in [9.17, 15) is 9.90 Å². The lowest BCUT2D eigenvalue weighted by Gasteiger charge is -2.23. The number of aryl methyl sites for hydroxylation is 4. The maximum atomic E-state index is 11.9. The molecule has 2 rings (SSSR count). The van der Waals surface area contributed by atoms with Crippen LogP contribution in [0.3, 0.4) is 0 Å². The zero-order valence-electron chi connectivity index (χ0n) is 14.1. The number of hydrogen-bond donors (Lipinski definition) is 3. The molecule has 7 heteroatoms. The quantitative estimate of drug-likeness (QED) is 0.784. The SMILES string of the molecule is Cc1cc([C@](C)(O)CNC(=O)NCc2nc(C)c(C)o2)c(C)o1. The Hall–Kier alpha value is -2.28. The van der Waals surface area contributed by atoms with E-state index in [2.05, 4.69) is 15.6 Å². The Kier molecular flexibility index (Phi) is 4.79. The molecule has 0 saturated heterocycles. The van der Waals surface area contributed by atoms with Crippen molar-refractivity contribution in [3.8, 4) is 0 Å². The fraction of sp³-hybridized carbons (Fsp3) is 0.500. The molecule has 1 atom stereocenters. The molecule has 0 aliphatic carbocycles. The molecule has 0 radical (unpaired) electrons. The Morgan fingerprint density at radius 3 is 2.43 bits per heavy atom. The van der Waals surface area contributed by atoms with Gasteiger partial charge in [-0.3, -0.25) is 0 Å². The highest BCUT2D eigenvalue weighted by Crippen LogP contribution is 2.26. The predicted molar refractivity (Wildman–Crippen MR) is 84.0 cm³/mol. The zero-order valence-corrected chi connectivity index (χ0v) is 14.1. The van der Waals surface area contributed by atoms with Crippen molar-refractivity contribution < 1.29 is 18.7 Å². The van der Waals surface area contributed by atoms with Crippen LogP contribution in [0.1, 0.15) is 41.4 Å². The van der Waals surface area contributed by atoms with Crippen molar-refractivity contribution in [1.29, 1.82) is 0 Å². The number of oxazole rings is 1. The molecule has 7 nitrogen and oxygen atoms in total. The van der Waals surface area contributed by atoms with E-state index >= 15 is 0 Å². The summed E-state index contributed by atoms with van der Waals surface area (Å²) in [5, 5.41) is 15.8. The topological polar surface area (TPSA) is 101 Å². The first-order chi connectivity index (χ1) is 10.7. The first-order valence-electron chi connectivity index (χ1n) is 7.43. The minimum absolute atomic E-state index is 0.0578. The van der Waals surface area contributed by atoms with Gasteiger partial charge in [0.2, 0.25) is 5.89 Å². The van der Waals surface area contributed by atoms with Gasteiger partial charge in [0.1, 0.15) is 22.9 Å². The van der Waals surface area contributed by atoms with Crippen molar-refractivity contribution in [2.45, 2.75) is 46.8 Å². The van der Waals surface area contributed by atoms with Crippen LogP contribution in [0.15, 0.2) is 14.9 Å². The fourth-order valence-electron chi connectivity index (χ4n) is 2.35. The lowest BCUT2D eigenvalue weighted by Crippen LogP contribution is -2.43. The molecule has 0 bridgehead atoms. The highest BCUT2D eigenvalue weighted by molar-refractivity contribution is 5.73. The molecule has 2 aromatic heterocycles. The third kappa shape index (κ3) is 4.13. The van der Waals surface area contributed by atoms with Gasteiger partial charge in [0.15, 0.2) is 0 Å². The van der Waals surface area contributed by atoms with Gasteiger partial charge >= 0.3 is 6.03 Å². The highest BCUT2D eigenvalue weighted by atomic mass is 16.4. The number of rotatable bonds is 5. The number of carbonyl (C=O) groups is 1. The molecule has 0 spiro atoms. The van der Waals surface area contributed by atoms with Gasteiger partial charge in [-0.2, -0.15) is 0 Å². The molecule has 0 aromatic carbocycles. The van der Waals surface area contributed by atoms with Crippen molar-refractivity contribution in [2.24, 2.45) is 0 Å². The van der Waals surface area contributed by atoms with Crippen LogP contribution in [-0.2, 0) is 12.1 Å². The molecule has 3 N–H and O–H groups in total. The van der Waals surface area contributed by atoms with Crippen LogP contribution in [0.5, 0.6) is 0 Å². The third-order valence-electron chi connectivity index (χ3n) is 3.69. The molecule has 0 fully saturated rings. The van der Waals surface area contributed by atoms with E-state index in [0.717, 1.165) is 17.2 Å². The normalized spacial score (nSPS) is 13.7. The van der Waals surface area contributed by atoms with Gasteiger partial charge < -0.3 is 24.6 Å². The number of amides is 2. The van der Waals surface area contributed by atoms with Crippen molar-refractivity contribution in [3.63, 3.8) is 0 Å². The summed E-state index contributed by atoms with van der Waals surface area (Å²) in [6.07, 6.45) is 0. The number of urea groups is 1. The Morgan fingerprint density at radius 2 is 1.91 bits per heavy atom. The van der Waals surface area contributed by atoms with E-state index < -0.39 is 11.6 Å². The van der Waals surface area contributed by atoms with Gasteiger partial charge in [-0.25, -0.2) is 9.78 Å². The third-order valence-corrected chi connectivity index (χ3v) is 3.69. The number of nitrogens with one attached hydrogen (secondary N) is 2. The van der Waals surface area contributed by atoms with Gasteiger partial charge in [-0.15, -0.1) is 0 Å². The summed E-state index contributed by atoms with van der Waals surface area (Å²) in [6.45, 7) is 9.13. The Balaban J connectivity index is 1.87. The molecule has 2 heterocycles. The van der Waals surface area contributed by atoms with Crippen LogP contribution in [0.2, 0.25) is 0 Å². The maximum Gasteiger partial charge on any atom is 0.315 e. The van der Waals surface area contributed by atoms with Crippen molar-refractivity contribution in [2.75, 3.05) is 6.54 Å². The second-order valence-electron chi connectivity index (χ2n) is 5.89. The van der Waals surface area contributed by atoms with Gasteiger partial charge in [0, 0.05) is 5.56 Å². The number of aromatic nitrogens is 1. The lowest BCUT2D eigenvalue weighted by atomic mass is 9.96. The molecule has 126 valence electrons. The molecular weight excluding hydrogens is 298 g/mol. The van der Waals surface area contributed by atoms with Crippen molar-refractivity contribution in [3.05, 3.63) is 40.5 Å². The smallest absolute Gasteiger partial charge is 0.315 e. The zero-order chi connectivity index (χ0) is 17.2. The highest BCUT2D eigenvalue weighted by Gasteiger charge is 2.28.